The number of ketones is 2. The molecular formula is C44H47Cl2F3N4O3. The first kappa shape index (κ1) is 41.4. The summed E-state index contributed by atoms with van der Waals surface area (Å²) in [4.78, 5) is 39.1. The van der Waals surface area contributed by atoms with Crippen molar-refractivity contribution in [2.45, 2.75) is 71.4 Å². The van der Waals surface area contributed by atoms with Gasteiger partial charge in [-0.3, -0.25) is 9.59 Å². The number of carbonyl (C=O) groups is 3. The van der Waals surface area contributed by atoms with Crippen LogP contribution in [0.25, 0.3) is 0 Å². The number of Topliss-reactive ketones (excluding diaryl/α,β-unsaturated/α-hetero) is 2. The monoisotopic (exact) mass is 806 g/mol. The van der Waals surface area contributed by atoms with Crippen molar-refractivity contribution in [1.82, 2.24) is 15.5 Å². The fourth-order valence-electron chi connectivity index (χ4n) is 8.34. The predicted octanol–water partition coefficient (Wildman–Crippen LogP) is 9.17. The highest BCUT2D eigenvalue weighted by molar-refractivity contribution is 6.31. The number of nitrogens with two attached hydrogens (primary N) is 1. The molecule has 56 heavy (non-hydrogen) atoms. The number of nitrogens with one attached hydrogen (secondary N) is 2. The molecule has 2 fully saturated rings. The summed E-state index contributed by atoms with van der Waals surface area (Å²) < 4.78 is 39.0. The van der Waals surface area contributed by atoms with Crippen molar-refractivity contribution in [3.63, 3.8) is 0 Å². The summed E-state index contributed by atoms with van der Waals surface area (Å²) in [6, 6.07) is 19.0. The molecular weight excluding hydrogens is 760 g/mol. The van der Waals surface area contributed by atoms with Gasteiger partial charge < -0.3 is 21.3 Å². The van der Waals surface area contributed by atoms with Gasteiger partial charge in [-0.05, 0) is 140 Å². The van der Waals surface area contributed by atoms with E-state index in [-0.39, 0.29) is 45.9 Å². The molecule has 8 rings (SSSR count). The molecule has 296 valence electrons. The van der Waals surface area contributed by atoms with Crippen molar-refractivity contribution < 1.29 is 27.6 Å². The number of hydrogen-bond donors (Lipinski definition) is 3. The first-order valence-corrected chi connectivity index (χ1v) is 19.8. The smallest absolute Gasteiger partial charge is 0.317 e. The van der Waals surface area contributed by atoms with Gasteiger partial charge in [-0.2, -0.15) is 0 Å². The van der Waals surface area contributed by atoms with Gasteiger partial charge in [0.2, 0.25) is 0 Å². The number of halogens is 5. The number of carbonyl (C=O) groups excluding carboxylic acids is 3. The molecule has 0 unspecified atom stereocenters. The summed E-state index contributed by atoms with van der Waals surface area (Å²) >= 11 is 11.9. The molecule has 7 nitrogen and oxygen atoms in total. The second-order valence-corrected chi connectivity index (χ2v) is 16.4. The van der Waals surface area contributed by atoms with Crippen molar-refractivity contribution in [3.8, 4) is 0 Å². The molecule has 2 spiro atoms. The Labute approximate surface area is 336 Å². The van der Waals surface area contributed by atoms with E-state index in [9.17, 15) is 27.6 Å². The normalized spacial score (nSPS) is 17.9. The second kappa shape index (κ2) is 17.9. The second-order valence-electron chi connectivity index (χ2n) is 15.6. The molecule has 0 saturated carbocycles. The number of urea groups is 1. The molecule has 4 aliphatic rings. The van der Waals surface area contributed by atoms with Crippen LogP contribution in [0.2, 0.25) is 10.0 Å². The van der Waals surface area contributed by atoms with Crippen molar-refractivity contribution in [3.05, 3.63) is 139 Å². The van der Waals surface area contributed by atoms with Crippen molar-refractivity contribution in [1.29, 1.82) is 0 Å². The lowest BCUT2D eigenvalue weighted by Gasteiger charge is -2.44. The number of rotatable bonds is 3. The molecule has 4 aromatic carbocycles. The van der Waals surface area contributed by atoms with Crippen LogP contribution >= 0.6 is 23.2 Å². The Morgan fingerprint density at radius 3 is 1.75 bits per heavy atom. The quantitative estimate of drug-likeness (QED) is 0.192. The van der Waals surface area contributed by atoms with E-state index >= 15 is 0 Å². The summed E-state index contributed by atoms with van der Waals surface area (Å²) in [6.45, 7) is 5.90. The van der Waals surface area contributed by atoms with Crippen LogP contribution in [-0.2, 0) is 25.9 Å². The van der Waals surface area contributed by atoms with E-state index in [1.807, 2.05) is 25.1 Å². The molecule has 0 bridgehead atoms. The zero-order chi connectivity index (χ0) is 40.0. The van der Waals surface area contributed by atoms with Gasteiger partial charge in [0.15, 0.2) is 11.6 Å². The van der Waals surface area contributed by atoms with E-state index in [2.05, 4.69) is 10.6 Å². The van der Waals surface area contributed by atoms with Gasteiger partial charge in [0.1, 0.15) is 17.5 Å². The zero-order valence-electron chi connectivity index (χ0n) is 31.5. The topological polar surface area (TPSA) is 105 Å². The van der Waals surface area contributed by atoms with Crippen LogP contribution in [0.1, 0.15) is 87.1 Å². The summed E-state index contributed by atoms with van der Waals surface area (Å²) in [5.74, 6) is -0.876. The third kappa shape index (κ3) is 10.0. The SMILES string of the molecule is Cc1ccc(CNC(=O)N2CCC3(CC2)CC(=O)c2cc(F)ccc2C3)c(Cl)c1.NCc1ccc(F)cc1Cl.O=C1CC2(CCNCC2)Cc2ccc(F)cc21. The Morgan fingerprint density at radius 1 is 0.714 bits per heavy atom. The zero-order valence-corrected chi connectivity index (χ0v) is 33.0. The van der Waals surface area contributed by atoms with E-state index in [0.29, 0.717) is 60.2 Å². The minimum Gasteiger partial charge on any atom is -0.334 e. The molecule has 12 heteroatoms. The largest absolute Gasteiger partial charge is 0.334 e. The molecule has 2 aliphatic heterocycles. The number of hydrogen-bond acceptors (Lipinski definition) is 5. The van der Waals surface area contributed by atoms with E-state index in [0.717, 1.165) is 79.4 Å². The third-order valence-electron chi connectivity index (χ3n) is 11.6. The lowest BCUT2D eigenvalue weighted by atomic mass is 9.66. The average molecular weight is 808 g/mol. The van der Waals surface area contributed by atoms with Gasteiger partial charge in [-0.15, -0.1) is 0 Å². The minimum atomic E-state index is -0.367. The van der Waals surface area contributed by atoms with Crippen LogP contribution < -0.4 is 16.4 Å². The lowest BCUT2D eigenvalue weighted by Crippen LogP contribution is -2.49. The standard InChI is InChI=1S/C23H24ClFN2O2.C14H16FNO.C7H7ClFN/c1-15-2-3-17(20(24)10-15)14-26-22(29)27-8-6-23(7-9-27)12-16-4-5-18(25)11-19(16)21(28)13-23;15-11-2-1-10-8-14(3-5-16-6-4-14)9-13(17)12(10)7-11;8-7-3-6(9)2-1-5(7)4-10/h2-5,10-11H,6-9,12-14H2,1H3,(H,26,29);1-2,7,16H,3-6,8-9H2;1-3H,4,10H2. The highest BCUT2D eigenvalue weighted by atomic mass is 35.5. The Morgan fingerprint density at radius 2 is 1.21 bits per heavy atom. The van der Waals surface area contributed by atoms with E-state index in [1.165, 1.54) is 36.4 Å². The molecule has 0 aromatic heterocycles. The molecule has 4 N–H and O–H groups in total. The number of nitrogens with zero attached hydrogens (tertiary/aromatic N) is 1. The molecule has 4 aromatic rings. The molecule has 0 atom stereocenters. The van der Waals surface area contributed by atoms with Crippen LogP contribution in [0.5, 0.6) is 0 Å². The maximum Gasteiger partial charge on any atom is 0.317 e. The number of piperidine rings is 2. The number of aryl methyl sites for hydroxylation is 1. The van der Waals surface area contributed by atoms with Crippen molar-refractivity contribution in [2.75, 3.05) is 26.2 Å². The maximum absolute atomic E-state index is 13.5. The fourth-order valence-corrected chi connectivity index (χ4v) is 8.89. The van der Waals surface area contributed by atoms with Crippen LogP contribution in [0.15, 0.2) is 72.8 Å². The Bertz CT molecular complexity index is 2100. The number of amides is 2. The summed E-state index contributed by atoms with van der Waals surface area (Å²) in [5.41, 5.74) is 11.1. The van der Waals surface area contributed by atoms with Crippen molar-refractivity contribution >= 4 is 40.8 Å². The van der Waals surface area contributed by atoms with Gasteiger partial charge in [-0.1, -0.05) is 53.5 Å². The summed E-state index contributed by atoms with van der Waals surface area (Å²) in [7, 11) is 0. The van der Waals surface area contributed by atoms with Gasteiger partial charge in [0.25, 0.3) is 0 Å². The molecule has 2 aliphatic carbocycles. The lowest BCUT2D eigenvalue weighted by molar-refractivity contribution is 0.0734. The van der Waals surface area contributed by atoms with Gasteiger partial charge >= 0.3 is 6.03 Å². The van der Waals surface area contributed by atoms with E-state index in [1.54, 1.807) is 23.1 Å². The first-order chi connectivity index (χ1) is 26.8. The molecule has 2 heterocycles. The number of benzene rings is 4. The van der Waals surface area contributed by atoms with Crippen LogP contribution in [0.3, 0.4) is 0 Å². The summed E-state index contributed by atoms with van der Waals surface area (Å²) in [6.07, 6.45) is 6.36. The number of fused-ring (bicyclic) bond motifs is 2. The molecule has 2 saturated heterocycles. The van der Waals surface area contributed by atoms with Gasteiger partial charge in [0.05, 0.1) is 0 Å². The highest BCUT2D eigenvalue weighted by Gasteiger charge is 2.42. The minimum absolute atomic E-state index is 0.0117. The third-order valence-corrected chi connectivity index (χ3v) is 12.3. The molecule has 2 amide bonds. The molecule has 0 radical (unpaired) electrons. The Kier molecular flexibility index (Phi) is 13.3. The van der Waals surface area contributed by atoms with Gasteiger partial charge in [-0.25, -0.2) is 18.0 Å². The maximum atomic E-state index is 13.5. The fraction of sp³-hybridized carbons (Fsp3) is 0.386. The van der Waals surface area contributed by atoms with E-state index < -0.39 is 0 Å². The van der Waals surface area contributed by atoms with Crippen LogP contribution in [-0.4, -0.2) is 48.7 Å². The average Bonchev–Trinajstić information content (AvgIpc) is 3.16. The van der Waals surface area contributed by atoms with Crippen molar-refractivity contribution in [2.24, 2.45) is 16.6 Å². The Balaban J connectivity index is 0.000000165. The Hall–Kier alpha value is -4.22. The van der Waals surface area contributed by atoms with Crippen LogP contribution in [0.4, 0.5) is 18.0 Å². The van der Waals surface area contributed by atoms with E-state index in [4.69, 9.17) is 28.9 Å². The first-order valence-electron chi connectivity index (χ1n) is 19.0. The summed E-state index contributed by atoms with van der Waals surface area (Å²) in [5, 5.41) is 7.32. The highest BCUT2D eigenvalue weighted by Crippen LogP contribution is 2.44. The predicted molar refractivity (Wildman–Crippen MR) is 214 cm³/mol. The van der Waals surface area contributed by atoms with Gasteiger partial charge in [0, 0.05) is 60.2 Å². The van der Waals surface area contributed by atoms with Crippen LogP contribution in [0, 0.1) is 35.2 Å². The number of likely N-dealkylation sites (tertiary alicyclic amines) is 1.